The van der Waals surface area contributed by atoms with Gasteiger partial charge in [-0.2, -0.15) is 0 Å². The van der Waals surface area contributed by atoms with Gasteiger partial charge >= 0.3 is 5.69 Å². The summed E-state index contributed by atoms with van der Waals surface area (Å²) in [7, 11) is 0. The lowest BCUT2D eigenvalue weighted by atomic mass is 10.1. The maximum Gasteiger partial charge on any atom is 0.311 e. The molecular formula is C13H11BrClN3O2. The van der Waals surface area contributed by atoms with E-state index in [9.17, 15) is 10.1 Å². The number of nitrogens with one attached hydrogen (secondary N) is 1. The predicted octanol–water partition coefficient (Wildman–Crippen LogP) is 4.58. The average Bonchev–Trinajstić information content (AvgIpc) is 2.39. The van der Waals surface area contributed by atoms with Crippen LogP contribution in [0.15, 0.2) is 40.9 Å². The minimum absolute atomic E-state index is 0.0987. The molecule has 20 heavy (non-hydrogen) atoms. The molecule has 1 N–H and O–H groups in total. The summed E-state index contributed by atoms with van der Waals surface area (Å²) >= 11 is 9.15. The Morgan fingerprint density at radius 2 is 1.95 bits per heavy atom. The van der Waals surface area contributed by atoms with Crippen LogP contribution < -0.4 is 5.32 Å². The number of anilines is 1. The summed E-state index contributed by atoms with van der Waals surface area (Å²) in [5, 5.41) is 14.2. The van der Waals surface area contributed by atoms with Crippen LogP contribution in [0, 0.1) is 10.1 Å². The number of hydrogen-bond acceptors (Lipinski definition) is 4. The molecule has 1 aromatic carbocycles. The van der Waals surface area contributed by atoms with Gasteiger partial charge in [-0.15, -0.1) is 0 Å². The number of pyridine rings is 1. The maximum atomic E-state index is 11.0. The normalized spacial score (nSPS) is 11.9. The number of halogens is 2. The lowest BCUT2D eigenvalue weighted by molar-refractivity contribution is -0.384. The lowest BCUT2D eigenvalue weighted by Crippen LogP contribution is -2.09. The van der Waals surface area contributed by atoms with Gasteiger partial charge in [-0.3, -0.25) is 10.1 Å². The molecular weight excluding hydrogens is 346 g/mol. The van der Waals surface area contributed by atoms with Crippen molar-refractivity contribution in [2.24, 2.45) is 0 Å². The molecule has 1 atom stereocenters. The molecule has 0 aliphatic rings. The first-order valence-electron chi connectivity index (χ1n) is 5.80. The van der Waals surface area contributed by atoms with E-state index in [1.165, 1.54) is 12.1 Å². The average molecular weight is 357 g/mol. The van der Waals surface area contributed by atoms with Crippen LogP contribution in [0.5, 0.6) is 0 Å². The topological polar surface area (TPSA) is 68.1 Å². The van der Waals surface area contributed by atoms with Crippen LogP contribution in [-0.4, -0.2) is 9.91 Å². The van der Waals surface area contributed by atoms with Crippen molar-refractivity contribution >= 4 is 39.0 Å². The Hall–Kier alpha value is -1.66. The molecule has 7 heteroatoms. The molecule has 0 aliphatic carbocycles. The van der Waals surface area contributed by atoms with Gasteiger partial charge in [-0.1, -0.05) is 39.7 Å². The van der Waals surface area contributed by atoms with Crippen molar-refractivity contribution in [1.82, 2.24) is 4.98 Å². The number of rotatable bonds is 4. The Morgan fingerprint density at radius 3 is 2.55 bits per heavy atom. The predicted molar refractivity (Wildman–Crippen MR) is 82.1 cm³/mol. The summed E-state index contributed by atoms with van der Waals surface area (Å²) < 4.78 is 0.973. The molecule has 0 fully saturated rings. The molecule has 2 rings (SSSR count). The van der Waals surface area contributed by atoms with Crippen molar-refractivity contribution in [3.63, 3.8) is 0 Å². The molecule has 1 unspecified atom stereocenters. The summed E-state index contributed by atoms with van der Waals surface area (Å²) in [6, 6.07) is 10.3. The lowest BCUT2D eigenvalue weighted by Gasteiger charge is -2.15. The Balaban J connectivity index is 2.27. The van der Waals surface area contributed by atoms with Gasteiger partial charge in [0.2, 0.25) is 5.82 Å². The second-order valence-corrected chi connectivity index (χ2v) is 5.48. The van der Waals surface area contributed by atoms with Gasteiger partial charge in [0.1, 0.15) is 5.15 Å². The van der Waals surface area contributed by atoms with E-state index in [1.807, 2.05) is 31.2 Å². The minimum atomic E-state index is -0.486. The van der Waals surface area contributed by atoms with E-state index in [-0.39, 0.29) is 22.7 Å². The summed E-state index contributed by atoms with van der Waals surface area (Å²) in [5.41, 5.74) is 0.891. The highest BCUT2D eigenvalue weighted by Gasteiger charge is 2.18. The third-order valence-corrected chi connectivity index (χ3v) is 3.50. The fourth-order valence-corrected chi connectivity index (χ4v) is 2.13. The molecule has 0 aliphatic heterocycles. The number of nitro groups is 1. The van der Waals surface area contributed by atoms with E-state index >= 15 is 0 Å². The van der Waals surface area contributed by atoms with E-state index in [1.54, 1.807) is 0 Å². The molecule has 0 spiro atoms. The molecule has 0 saturated carbocycles. The van der Waals surface area contributed by atoms with Crippen molar-refractivity contribution < 1.29 is 4.92 Å². The zero-order valence-corrected chi connectivity index (χ0v) is 12.9. The largest absolute Gasteiger partial charge is 0.358 e. The van der Waals surface area contributed by atoms with Gasteiger partial charge in [0.15, 0.2) is 0 Å². The van der Waals surface area contributed by atoms with Crippen molar-refractivity contribution in [2.75, 3.05) is 5.32 Å². The summed E-state index contributed by atoms with van der Waals surface area (Å²) in [6.07, 6.45) is 0. The van der Waals surface area contributed by atoms with Crippen molar-refractivity contribution in [3.8, 4) is 0 Å². The second kappa shape index (κ2) is 6.19. The molecule has 0 radical (unpaired) electrons. The fourth-order valence-electron chi connectivity index (χ4n) is 1.72. The van der Waals surface area contributed by atoms with Crippen molar-refractivity contribution in [3.05, 3.63) is 61.7 Å². The Labute approximate surface area is 129 Å². The molecule has 0 bridgehead atoms. The molecule has 0 saturated heterocycles. The highest BCUT2D eigenvalue weighted by atomic mass is 79.9. The molecule has 5 nitrogen and oxygen atoms in total. The molecule has 104 valence electrons. The zero-order valence-electron chi connectivity index (χ0n) is 10.5. The van der Waals surface area contributed by atoms with E-state index in [4.69, 9.17) is 11.6 Å². The van der Waals surface area contributed by atoms with Crippen molar-refractivity contribution in [2.45, 2.75) is 13.0 Å². The van der Waals surface area contributed by atoms with Crippen LogP contribution >= 0.6 is 27.5 Å². The Morgan fingerprint density at radius 1 is 1.30 bits per heavy atom. The van der Waals surface area contributed by atoms with E-state index < -0.39 is 4.92 Å². The summed E-state index contributed by atoms with van der Waals surface area (Å²) in [5.74, 6) is 0.165. The summed E-state index contributed by atoms with van der Waals surface area (Å²) in [4.78, 5) is 14.5. The monoisotopic (exact) mass is 355 g/mol. The van der Waals surface area contributed by atoms with Crippen LogP contribution in [0.1, 0.15) is 18.5 Å². The standard InChI is InChI=1S/C13H11BrClN3O2/c1-8(9-2-4-10(14)5-3-9)16-13-11(18(19)20)6-7-12(15)17-13/h2-8H,1H3,(H,16,17). The fraction of sp³-hybridized carbons (Fsp3) is 0.154. The van der Waals surface area contributed by atoms with Gasteiger partial charge in [-0.25, -0.2) is 4.98 Å². The van der Waals surface area contributed by atoms with Crippen molar-refractivity contribution in [1.29, 1.82) is 0 Å². The third kappa shape index (κ3) is 3.46. The zero-order chi connectivity index (χ0) is 14.7. The van der Waals surface area contributed by atoms with E-state index in [0.29, 0.717) is 0 Å². The Bertz CT molecular complexity index is 634. The maximum absolute atomic E-state index is 11.0. The van der Waals surface area contributed by atoms with Crippen LogP contribution in [0.3, 0.4) is 0 Å². The van der Waals surface area contributed by atoms with Gasteiger partial charge < -0.3 is 5.32 Å². The second-order valence-electron chi connectivity index (χ2n) is 4.18. The molecule has 1 heterocycles. The van der Waals surface area contributed by atoms with Crippen LogP contribution in [0.2, 0.25) is 5.15 Å². The highest BCUT2D eigenvalue weighted by molar-refractivity contribution is 9.10. The third-order valence-electron chi connectivity index (χ3n) is 2.76. The van der Waals surface area contributed by atoms with E-state index in [0.717, 1.165) is 10.0 Å². The Kier molecular flexibility index (Phi) is 4.57. The van der Waals surface area contributed by atoms with Gasteiger partial charge in [-0.05, 0) is 30.7 Å². The molecule has 1 aromatic heterocycles. The van der Waals surface area contributed by atoms with Gasteiger partial charge in [0, 0.05) is 10.5 Å². The molecule has 2 aromatic rings. The van der Waals surface area contributed by atoms with Gasteiger partial charge in [0.05, 0.1) is 11.0 Å². The van der Waals surface area contributed by atoms with Crippen LogP contribution in [0.4, 0.5) is 11.5 Å². The van der Waals surface area contributed by atoms with E-state index in [2.05, 4.69) is 26.2 Å². The number of hydrogen-bond donors (Lipinski definition) is 1. The number of aromatic nitrogens is 1. The minimum Gasteiger partial charge on any atom is -0.358 e. The number of nitrogens with zero attached hydrogens (tertiary/aromatic N) is 2. The summed E-state index contributed by atoms with van der Waals surface area (Å²) in [6.45, 7) is 1.90. The first-order chi connectivity index (χ1) is 9.47. The first-order valence-corrected chi connectivity index (χ1v) is 6.97. The highest BCUT2D eigenvalue weighted by Crippen LogP contribution is 2.28. The van der Waals surface area contributed by atoms with Gasteiger partial charge in [0.25, 0.3) is 0 Å². The number of benzene rings is 1. The quantitative estimate of drug-likeness (QED) is 0.494. The smallest absolute Gasteiger partial charge is 0.311 e. The first kappa shape index (κ1) is 14.7. The molecule has 0 amide bonds. The SMILES string of the molecule is CC(Nc1nc(Cl)ccc1[N+](=O)[O-])c1ccc(Br)cc1. The van der Waals surface area contributed by atoms with Crippen LogP contribution in [0.25, 0.3) is 0 Å². The van der Waals surface area contributed by atoms with Crippen LogP contribution in [-0.2, 0) is 0 Å².